The highest BCUT2D eigenvalue weighted by Crippen LogP contribution is 2.38. The predicted octanol–water partition coefficient (Wildman–Crippen LogP) is 3.60. The summed E-state index contributed by atoms with van der Waals surface area (Å²) in [4.78, 5) is 29.0. The van der Waals surface area contributed by atoms with Crippen LogP contribution in [0.2, 0.25) is 5.02 Å². The fraction of sp³-hybridized carbons (Fsp3) is 0.455. The summed E-state index contributed by atoms with van der Waals surface area (Å²) in [6.07, 6.45) is 2.31. The molecule has 2 aromatic rings. The van der Waals surface area contributed by atoms with Crippen molar-refractivity contribution in [2.75, 3.05) is 37.7 Å². The van der Waals surface area contributed by atoms with E-state index in [-0.39, 0.29) is 12.5 Å². The molecule has 0 N–H and O–H groups in total. The molecule has 1 amide bonds. The summed E-state index contributed by atoms with van der Waals surface area (Å²) in [5.41, 5.74) is 3.62. The number of nitrogens with zero attached hydrogens (tertiary/aromatic N) is 3. The molecule has 0 radical (unpaired) electrons. The summed E-state index contributed by atoms with van der Waals surface area (Å²) in [6.45, 7) is 6.37. The number of carbonyl (C=O) groups excluding carboxylic acids is 2. The van der Waals surface area contributed by atoms with Gasteiger partial charge >= 0.3 is 5.97 Å². The van der Waals surface area contributed by atoms with E-state index in [9.17, 15) is 9.59 Å². The van der Waals surface area contributed by atoms with E-state index >= 15 is 0 Å². The van der Waals surface area contributed by atoms with Crippen LogP contribution in [0.3, 0.4) is 0 Å². The van der Waals surface area contributed by atoms with Crippen LogP contribution in [0, 0.1) is 13.8 Å². The number of aromatic nitrogens is 1. The van der Waals surface area contributed by atoms with Crippen LogP contribution in [0.5, 0.6) is 0 Å². The number of halogens is 1. The molecule has 1 saturated heterocycles. The molecule has 0 unspecified atom stereocenters. The number of hydrogen-bond donors (Lipinski definition) is 0. The van der Waals surface area contributed by atoms with Gasteiger partial charge in [-0.15, -0.1) is 0 Å². The van der Waals surface area contributed by atoms with Crippen molar-refractivity contribution < 1.29 is 14.3 Å². The second kappa shape index (κ2) is 8.11. The molecule has 29 heavy (non-hydrogen) atoms. The first kappa shape index (κ1) is 19.8. The predicted molar refractivity (Wildman–Crippen MR) is 113 cm³/mol. The summed E-state index contributed by atoms with van der Waals surface area (Å²) in [5, 5.41) is 0.703. The van der Waals surface area contributed by atoms with Crippen molar-refractivity contribution in [2.45, 2.75) is 32.7 Å². The van der Waals surface area contributed by atoms with Crippen LogP contribution in [-0.2, 0) is 9.53 Å². The highest BCUT2D eigenvalue weighted by Gasteiger charge is 2.29. The van der Waals surface area contributed by atoms with Gasteiger partial charge < -0.3 is 19.1 Å². The number of piperazine rings is 1. The Morgan fingerprint density at radius 1 is 1.10 bits per heavy atom. The minimum Gasteiger partial charge on any atom is -0.452 e. The third-order valence-electron chi connectivity index (χ3n) is 5.75. The summed E-state index contributed by atoms with van der Waals surface area (Å²) < 4.78 is 7.55. The van der Waals surface area contributed by atoms with Crippen molar-refractivity contribution in [2.24, 2.45) is 0 Å². The van der Waals surface area contributed by atoms with E-state index in [0.29, 0.717) is 29.7 Å². The van der Waals surface area contributed by atoms with E-state index in [1.54, 1.807) is 4.90 Å². The topological polar surface area (TPSA) is 54.8 Å². The summed E-state index contributed by atoms with van der Waals surface area (Å²) in [6, 6.07) is 10.1. The van der Waals surface area contributed by atoms with E-state index in [0.717, 1.165) is 43.0 Å². The van der Waals surface area contributed by atoms with Crippen LogP contribution in [0.4, 0.5) is 5.69 Å². The van der Waals surface area contributed by atoms with Gasteiger partial charge in [-0.25, -0.2) is 4.79 Å². The lowest BCUT2D eigenvalue weighted by molar-refractivity contribution is -0.134. The molecule has 154 valence electrons. The monoisotopic (exact) mass is 415 g/mol. The lowest BCUT2D eigenvalue weighted by Crippen LogP contribution is -2.49. The Labute approximate surface area is 176 Å². The zero-order valence-corrected chi connectivity index (χ0v) is 17.6. The number of benzene rings is 1. The van der Waals surface area contributed by atoms with Gasteiger partial charge in [0, 0.05) is 54.3 Å². The fourth-order valence-corrected chi connectivity index (χ4v) is 4.25. The van der Waals surface area contributed by atoms with Crippen LogP contribution in [-0.4, -0.2) is 54.1 Å². The van der Waals surface area contributed by atoms with Crippen molar-refractivity contribution in [1.82, 2.24) is 9.47 Å². The maximum Gasteiger partial charge on any atom is 0.340 e. The maximum atomic E-state index is 12.5. The molecule has 0 bridgehead atoms. The number of anilines is 1. The van der Waals surface area contributed by atoms with Crippen molar-refractivity contribution >= 4 is 29.2 Å². The van der Waals surface area contributed by atoms with E-state index in [1.165, 1.54) is 0 Å². The van der Waals surface area contributed by atoms with Gasteiger partial charge in [-0.1, -0.05) is 17.7 Å². The van der Waals surface area contributed by atoms with Crippen LogP contribution in [0.25, 0.3) is 0 Å². The molecule has 1 saturated carbocycles. The van der Waals surface area contributed by atoms with Gasteiger partial charge in [-0.05, 0) is 51.0 Å². The van der Waals surface area contributed by atoms with Crippen molar-refractivity contribution in [3.8, 4) is 0 Å². The molecule has 2 aliphatic rings. The number of carbonyl (C=O) groups is 2. The number of rotatable bonds is 5. The highest BCUT2D eigenvalue weighted by atomic mass is 35.5. The molecule has 4 rings (SSSR count). The van der Waals surface area contributed by atoms with Crippen molar-refractivity contribution in [3.05, 3.63) is 52.3 Å². The zero-order valence-electron chi connectivity index (χ0n) is 16.9. The SMILES string of the molecule is Cc1cc(C(=O)OCC(=O)N2CCN(c3cccc(Cl)c3)CC2)c(C)n1C1CC1. The minimum atomic E-state index is -0.420. The Bertz CT molecular complexity index is 927. The Balaban J connectivity index is 1.29. The van der Waals surface area contributed by atoms with E-state index in [2.05, 4.69) is 9.47 Å². The first-order chi connectivity index (χ1) is 13.9. The van der Waals surface area contributed by atoms with E-state index < -0.39 is 5.97 Å². The molecular weight excluding hydrogens is 390 g/mol. The molecule has 1 aliphatic carbocycles. The maximum absolute atomic E-state index is 12.5. The van der Waals surface area contributed by atoms with Gasteiger partial charge in [-0.3, -0.25) is 4.79 Å². The zero-order chi connectivity index (χ0) is 20.5. The average molecular weight is 416 g/mol. The molecule has 1 aromatic carbocycles. The summed E-state index contributed by atoms with van der Waals surface area (Å²) in [5.74, 6) is -0.573. The molecule has 0 atom stereocenters. The smallest absolute Gasteiger partial charge is 0.340 e. The number of hydrogen-bond acceptors (Lipinski definition) is 4. The average Bonchev–Trinajstić information content (AvgIpc) is 3.50. The molecule has 1 aliphatic heterocycles. The van der Waals surface area contributed by atoms with Gasteiger partial charge in [0.1, 0.15) is 0 Å². The van der Waals surface area contributed by atoms with Crippen molar-refractivity contribution in [1.29, 1.82) is 0 Å². The summed E-state index contributed by atoms with van der Waals surface area (Å²) >= 11 is 6.07. The molecule has 1 aromatic heterocycles. The second-order valence-electron chi connectivity index (χ2n) is 7.81. The number of amides is 1. The van der Waals surface area contributed by atoms with Crippen molar-refractivity contribution in [3.63, 3.8) is 0 Å². The number of esters is 1. The highest BCUT2D eigenvalue weighted by molar-refractivity contribution is 6.30. The Morgan fingerprint density at radius 3 is 2.48 bits per heavy atom. The third kappa shape index (κ3) is 4.27. The molecule has 2 fully saturated rings. The lowest BCUT2D eigenvalue weighted by Gasteiger charge is -2.36. The van der Waals surface area contributed by atoms with Gasteiger partial charge in [0.25, 0.3) is 5.91 Å². The van der Waals surface area contributed by atoms with Crippen LogP contribution in [0.15, 0.2) is 30.3 Å². The second-order valence-corrected chi connectivity index (χ2v) is 8.25. The van der Waals surface area contributed by atoms with Gasteiger partial charge in [0.05, 0.1) is 5.56 Å². The van der Waals surface area contributed by atoms with E-state index in [1.807, 2.05) is 44.2 Å². The number of ether oxygens (including phenoxy) is 1. The molecule has 2 heterocycles. The molecular formula is C22H26ClN3O3. The summed E-state index contributed by atoms with van der Waals surface area (Å²) in [7, 11) is 0. The lowest BCUT2D eigenvalue weighted by atomic mass is 10.2. The Hall–Kier alpha value is -2.47. The fourth-order valence-electron chi connectivity index (χ4n) is 4.06. The van der Waals surface area contributed by atoms with Crippen LogP contribution in [0.1, 0.15) is 40.6 Å². The first-order valence-corrected chi connectivity index (χ1v) is 10.5. The third-order valence-corrected chi connectivity index (χ3v) is 5.98. The van der Waals surface area contributed by atoms with Crippen LogP contribution < -0.4 is 4.90 Å². The Morgan fingerprint density at radius 2 is 1.83 bits per heavy atom. The number of aryl methyl sites for hydroxylation is 1. The minimum absolute atomic E-state index is 0.153. The molecule has 7 heteroatoms. The first-order valence-electron chi connectivity index (χ1n) is 10.1. The van der Waals surface area contributed by atoms with Crippen LogP contribution >= 0.6 is 11.6 Å². The van der Waals surface area contributed by atoms with Gasteiger partial charge in [0.2, 0.25) is 0 Å². The standard InChI is InChI=1S/C22H26ClN3O3/c1-15-12-20(16(2)26(15)18-6-7-18)22(28)29-14-21(27)25-10-8-24(9-11-25)19-5-3-4-17(23)13-19/h3-5,12-13,18H,6-11,14H2,1-2H3. The van der Waals surface area contributed by atoms with Gasteiger partial charge in [-0.2, -0.15) is 0 Å². The quantitative estimate of drug-likeness (QED) is 0.700. The Kier molecular flexibility index (Phi) is 5.54. The van der Waals surface area contributed by atoms with Gasteiger partial charge in [0.15, 0.2) is 6.61 Å². The largest absolute Gasteiger partial charge is 0.452 e. The van der Waals surface area contributed by atoms with E-state index in [4.69, 9.17) is 16.3 Å². The molecule has 0 spiro atoms. The molecule has 6 nitrogen and oxygen atoms in total. The normalized spacial score (nSPS) is 16.8.